The van der Waals surface area contributed by atoms with Gasteiger partial charge in [0.15, 0.2) is 5.65 Å². The normalized spacial score (nSPS) is 22.5. The van der Waals surface area contributed by atoms with E-state index < -0.39 is 0 Å². The number of nitrogens with zero attached hydrogens (tertiary/aromatic N) is 4. The van der Waals surface area contributed by atoms with Crippen LogP contribution in [0.5, 0.6) is 0 Å². The smallest absolute Gasteiger partial charge is 0.222 e. The van der Waals surface area contributed by atoms with Gasteiger partial charge in [-0.2, -0.15) is 0 Å². The molecule has 0 aromatic carbocycles. The molecule has 23 heavy (non-hydrogen) atoms. The predicted molar refractivity (Wildman–Crippen MR) is 86.8 cm³/mol. The van der Waals surface area contributed by atoms with E-state index in [2.05, 4.69) is 24.6 Å². The first-order chi connectivity index (χ1) is 11.3. The fourth-order valence-corrected chi connectivity index (χ4v) is 3.32. The molecule has 2 fully saturated rings. The molecule has 1 aliphatic carbocycles. The van der Waals surface area contributed by atoms with Crippen LogP contribution in [0.4, 0.5) is 0 Å². The Bertz CT molecular complexity index is 693. The zero-order valence-corrected chi connectivity index (χ0v) is 13.3. The lowest BCUT2D eigenvalue weighted by Crippen LogP contribution is -2.33. The van der Waals surface area contributed by atoms with Gasteiger partial charge in [-0.05, 0) is 31.6 Å². The van der Waals surface area contributed by atoms with Gasteiger partial charge in [0.1, 0.15) is 0 Å². The van der Waals surface area contributed by atoms with Crippen LogP contribution in [-0.4, -0.2) is 44.3 Å². The van der Waals surface area contributed by atoms with Crippen LogP contribution in [0.3, 0.4) is 0 Å². The molecule has 3 heterocycles. The zero-order chi connectivity index (χ0) is 15.6. The Balaban J connectivity index is 1.34. The third-order valence-electron chi connectivity index (χ3n) is 4.95. The van der Waals surface area contributed by atoms with E-state index in [-0.39, 0.29) is 0 Å². The monoisotopic (exact) mass is 313 g/mol. The second-order valence-corrected chi connectivity index (χ2v) is 6.74. The quantitative estimate of drug-likeness (QED) is 0.911. The van der Waals surface area contributed by atoms with Gasteiger partial charge in [-0.25, -0.2) is 4.98 Å². The number of amides is 1. The first kappa shape index (κ1) is 14.6. The van der Waals surface area contributed by atoms with Crippen molar-refractivity contribution >= 4 is 11.6 Å². The van der Waals surface area contributed by atoms with Crippen LogP contribution in [-0.2, 0) is 11.3 Å². The maximum Gasteiger partial charge on any atom is 0.222 e. The van der Waals surface area contributed by atoms with Gasteiger partial charge < -0.3 is 10.2 Å². The van der Waals surface area contributed by atoms with Crippen LogP contribution in [0.1, 0.15) is 37.8 Å². The third kappa shape index (κ3) is 3.37. The number of imidazole rings is 1. The molecule has 0 radical (unpaired) electrons. The van der Waals surface area contributed by atoms with Crippen molar-refractivity contribution in [3.8, 4) is 0 Å². The molecule has 122 valence electrons. The Kier molecular flexibility index (Phi) is 3.99. The van der Waals surface area contributed by atoms with E-state index in [4.69, 9.17) is 0 Å². The van der Waals surface area contributed by atoms with Crippen LogP contribution >= 0.6 is 0 Å². The van der Waals surface area contributed by atoms with Gasteiger partial charge in [-0.15, -0.1) is 0 Å². The van der Waals surface area contributed by atoms with Crippen LogP contribution in [0.25, 0.3) is 5.65 Å². The summed E-state index contributed by atoms with van der Waals surface area (Å²) in [5.41, 5.74) is 2.00. The summed E-state index contributed by atoms with van der Waals surface area (Å²) in [6.07, 6.45) is 12.6. The maximum atomic E-state index is 12.2. The molecular formula is C17H23N5O. The van der Waals surface area contributed by atoms with E-state index in [9.17, 15) is 4.79 Å². The third-order valence-corrected chi connectivity index (χ3v) is 4.95. The molecule has 2 aromatic heterocycles. The summed E-state index contributed by atoms with van der Waals surface area (Å²) in [6, 6.07) is 0.399. The van der Waals surface area contributed by atoms with E-state index in [0.29, 0.717) is 18.4 Å². The van der Waals surface area contributed by atoms with Gasteiger partial charge in [0, 0.05) is 44.5 Å². The van der Waals surface area contributed by atoms with Crippen LogP contribution in [0.2, 0.25) is 0 Å². The second kappa shape index (κ2) is 6.28. The lowest BCUT2D eigenvalue weighted by molar-refractivity contribution is -0.130. The van der Waals surface area contributed by atoms with Crippen molar-refractivity contribution in [2.24, 2.45) is 5.92 Å². The highest BCUT2D eigenvalue weighted by Crippen LogP contribution is 2.30. The number of fused-ring (bicyclic) bond motifs is 1. The summed E-state index contributed by atoms with van der Waals surface area (Å²) in [6.45, 7) is 2.64. The van der Waals surface area contributed by atoms with Gasteiger partial charge in [-0.3, -0.25) is 14.2 Å². The van der Waals surface area contributed by atoms with Gasteiger partial charge in [0.05, 0.1) is 18.1 Å². The number of hydrogen-bond donors (Lipinski definition) is 1. The molecular weight excluding hydrogens is 290 g/mol. The highest BCUT2D eigenvalue weighted by atomic mass is 16.2. The van der Waals surface area contributed by atoms with E-state index in [0.717, 1.165) is 49.7 Å². The molecule has 4 rings (SSSR count). The SMILES string of the molecule is O=C1CC[C@@H](NCc2cnc3cnccn23)CCN1CC1CC1. The highest BCUT2D eigenvalue weighted by molar-refractivity contribution is 5.76. The first-order valence-electron chi connectivity index (χ1n) is 8.57. The summed E-state index contributed by atoms with van der Waals surface area (Å²) in [7, 11) is 0. The minimum absolute atomic E-state index is 0.335. The maximum absolute atomic E-state index is 12.2. The molecule has 1 saturated carbocycles. The van der Waals surface area contributed by atoms with E-state index in [1.165, 1.54) is 12.8 Å². The van der Waals surface area contributed by atoms with Crippen LogP contribution < -0.4 is 5.32 Å². The van der Waals surface area contributed by atoms with Crippen molar-refractivity contribution < 1.29 is 4.79 Å². The van der Waals surface area contributed by atoms with Crippen LogP contribution in [0, 0.1) is 5.92 Å². The van der Waals surface area contributed by atoms with Gasteiger partial charge in [0.2, 0.25) is 5.91 Å². The Morgan fingerprint density at radius 3 is 3.00 bits per heavy atom. The number of likely N-dealkylation sites (tertiary alicyclic amines) is 1. The number of rotatable bonds is 5. The minimum atomic E-state index is 0.335. The Hall–Kier alpha value is -1.95. The minimum Gasteiger partial charge on any atom is -0.342 e. The summed E-state index contributed by atoms with van der Waals surface area (Å²) in [5, 5.41) is 3.61. The van der Waals surface area contributed by atoms with E-state index in [1.54, 1.807) is 12.4 Å². The molecule has 1 aliphatic heterocycles. The van der Waals surface area contributed by atoms with Crippen molar-refractivity contribution in [3.05, 3.63) is 30.5 Å². The molecule has 2 aromatic rings. The Morgan fingerprint density at radius 1 is 1.22 bits per heavy atom. The Labute approximate surface area is 135 Å². The fourth-order valence-electron chi connectivity index (χ4n) is 3.32. The van der Waals surface area contributed by atoms with E-state index in [1.807, 2.05) is 12.4 Å². The second-order valence-electron chi connectivity index (χ2n) is 6.74. The van der Waals surface area contributed by atoms with Crippen molar-refractivity contribution in [1.82, 2.24) is 24.6 Å². The Morgan fingerprint density at radius 2 is 2.13 bits per heavy atom. The molecule has 2 aliphatic rings. The van der Waals surface area contributed by atoms with Crippen LogP contribution in [0.15, 0.2) is 24.8 Å². The van der Waals surface area contributed by atoms with Crippen molar-refractivity contribution in [2.45, 2.75) is 44.7 Å². The topological polar surface area (TPSA) is 62.5 Å². The number of nitrogens with one attached hydrogen (secondary N) is 1. The highest BCUT2D eigenvalue weighted by Gasteiger charge is 2.29. The van der Waals surface area contributed by atoms with Gasteiger partial charge in [0.25, 0.3) is 0 Å². The average molecular weight is 313 g/mol. The molecule has 6 heteroatoms. The molecule has 0 bridgehead atoms. The van der Waals surface area contributed by atoms with Gasteiger partial charge in [-0.1, -0.05) is 0 Å². The zero-order valence-electron chi connectivity index (χ0n) is 13.3. The molecule has 1 N–H and O–H groups in total. The number of carbonyl (C=O) groups excluding carboxylic acids is 1. The summed E-state index contributed by atoms with van der Waals surface area (Å²) in [4.78, 5) is 22.7. The van der Waals surface area contributed by atoms with Crippen molar-refractivity contribution in [1.29, 1.82) is 0 Å². The predicted octanol–water partition coefficient (Wildman–Crippen LogP) is 1.61. The number of hydrogen-bond acceptors (Lipinski definition) is 4. The van der Waals surface area contributed by atoms with Crippen molar-refractivity contribution in [2.75, 3.05) is 13.1 Å². The number of carbonyl (C=O) groups is 1. The molecule has 1 saturated heterocycles. The molecule has 1 atom stereocenters. The lowest BCUT2D eigenvalue weighted by atomic mass is 10.1. The van der Waals surface area contributed by atoms with Crippen molar-refractivity contribution in [3.63, 3.8) is 0 Å². The van der Waals surface area contributed by atoms with Gasteiger partial charge >= 0.3 is 0 Å². The lowest BCUT2D eigenvalue weighted by Gasteiger charge is -2.20. The molecule has 6 nitrogen and oxygen atoms in total. The molecule has 0 unspecified atom stereocenters. The molecule has 1 amide bonds. The fraction of sp³-hybridized carbons (Fsp3) is 0.588. The van der Waals surface area contributed by atoms with E-state index >= 15 is 0 Å². The first-order valence-corrected chi connectivity index (χ1v) is 8.57. The average Bonchev–Trinajstić information content (AvgIpc) is 3.33. The standard InChI is InChI=1S/C17H23N5O/c23-17-4-3-14(5-7-21(17)12-13-1-2-13)19-9-15-10-20-16-11-18-6-8-22(15)16/h6,8,10-11,13-14,19H,1-5,7,9,12H2/t14-/m1/s1. The largest absolute Gasteiger partial charge is 0.342 e. The number of aromatic nitrogens is 3. The summed E-state index contributed by atoms with van der Waals surface area (Å²) in [5.74, 6) is 1.11. The summed E-state index contributed by atoms with van der Waals surface area (Å²) < 4.78 is 2.06. The molecule has 0 spiro atoms. The summed E-state index contributed by atoms with van der Waals surface area (Å²) >= 11 is 0.